The van der Waals surface area contributed by atoms with E-state index in [1.165, 1.54) is 6.92 Å². The second-order valence-corrected chi connectivity index (χ2v) is 10.5. The number of rotatable bonds is 2. The maximum atomic E-state index is 12.7. The maximum Gasteiger partial charge on any atom is 0.303 e. The Kier molecular flexibility index (Phi) is 4.16. The van der Waals surface area contributed by atoms with Crippen molar-refractivity contribution in [1.29, 1.82) is 0 Å². The van der Waals surface area contributed by atoms with Gasteiger partial charge < -0.3 is 14.2 Å². The van der Waals surface area contributed by atoms with Crippen LogP contribution in [-0.2, 0) is 23.8 Å². The van der Waals surface area contributed by atoms with Gasteiger partial charge in [-0.05, 0) is 56.8 Å². The molecule has 2 saturated carbocycles. The molecule has 2 heterocycles. The highest BCUT2D eigenvalue weighted by molar-refractivity contribution is 5.85. The number of hydrogen-bond donors (Lipinski definition) is 0. The summed E-state index contributed by atoms with van der Waals surface area (Å²) < 4.78 is 18.3. The van der Waals surface area contributed by atoms with E-state index in [2.05, 4.69) is 34.6 Å². The summed E-state index contributed by atoms with van der Waals surface area (Å²) in [5.41, 5.74) is -1.26. The molecule has 152 valence electrons. The number of fused-ring (bicyclic) bond motifs is 3. The zero-order chi connectivity index (χ0) is 19.8. The van der Waals surface area contributed by atoms with Crippen molar-refractivity contribution in [2.45, 2.75) is 97.1 Å². The van der Waals surface area contributed by atoms with Crippen LogP contribution in [0.3, 0.4) is 0 Å². The molecule has 0 radical (unpaired) electrons. The van der Waals surface area contributed by atoms with Crippen LogP contribution in [0.15, 0.2) is 0 Å². The van der Waals surface area contributed by atoms with Gasteiger partial charge in [-0.15, -0.1) is 0 Å². The lowest BCUT2D eigenvalue weighted by Crippen LogP contribution is -2.70. The summed E-state index contributed by atoms with van der Waals surface area (Å²) in [4.78, 5) is 24.7. The summed E-state index contributed by atoms with van der Waals surface area (Å²) in [6, 6.07) is 0. The average molecular weight is 379 g/mol. The van der Waals surface area contributed by atoms with E-state index in [0.29, 0.717) is 18.6 Å². The van der Waals surface area contributed by atoms with Gasteiger partial charge in [0, 0.05) is 18.8 Å². The lowest BCUT2D eigenvalue weighted by atomic mass is 9.43. The van der Waals surface area contributed by atoms with E-state index >= 15 is 0 Å². The van der Waals surface area contributed by atoms with Gasteiger partial charge in [-0.3, -0.25) is 9.59 Å². The zero-order valence-corrected chi connectivity index (χ0v) is 17.6. The van der Waals surface area contributed by atoms with Crippen LogP contribution in [-0.4, -0.2) is 41.8 Å². The van der Waals surface area contributed by atoms with Crippen molar-refractivity contribution in [1.82, 2.24) is 0 Å². The third-order valence-electron chi connectivity index (χ3n) is 8.56. The monoisotopic (exact) mass is 378 g/mol. The summed E-state index contributed by atoms with van der Waals surface area (Å²) in [7, 11) is 0. The third-order valence-corrected chi connectivity index (χ3v) is 8.56. The number of ether oxygens (including phenoxy) is 3. The van der Waals surface area contributed by atoms with Gasteiger partial charge in [0.2, 0.25) is 0 Å². The van der Waals surface area contributed by atoms with E-state index in [1.807, 2.05) is 0 Å². The number of epoxide rings is 1. The Morgan fingerprint density at radius 2 is 1.78 bits per heavy atom. The lowest BCUT2D eigenvalue weighted by molar-refractivity contribution is -0.303. The highest BCUT2D eigenvalue weighted by atomic mass is 16.6. The molecule has 0 aromatic carbocycles. The van der Waals surface area contributed by atoms with Crippen LogP contribution in [0, 0.1) is 22.7 Å². The second kappa shape index (κ2) is 5.79. The Morgan fingerprint density at radius 3 is 2.37 bits per heavy atom. The summed E-state index contributed by atoms with van der Waals surface area (Å²) in [6.45, 7) is 13.0. The quantitative estimate of drug-likeness (QED) is 0.542. The van der Waals surface area contributed by atoms with Crippen LogP contribution in [0.2, 0.25) is 0 Å². The van der Waals surface area contributed by atoms with E-state index < -0.39 is 11.0 Å². The standard InChI is InChI=1S/C22H34O5/c1-13(23)26-17-11-15-19(2,3)16(24)8-9-20(15,4)14-7-10-21(5,18-12-25-18)27-22(14,17)6/h14-15,17-18H,7-12H2,1-6H3/t14-,15+,17+,18-,20-,21+,22+/m0/s1. The van der Waals surface area contributed by atoms with E-state index in [4.69, 9.17) is 14.2 Å². The molecular weight excluding hydrogens is 344 g/mol. The summed E-state index contributed by atoms with van der Waals surface area (Å²) in [5, 5.41) is 0. The molecule has 2 aliphatic heterocycles. The van der Waals surface area contributed by atoms with Gasteiger partial charge in [0.15, 0.2) is 0 Å². The van der Waals surface area contributed by atoms with E-state index in [9.17, 15) is 9.59 Å². The third kappa shape index (κ3) is 2.71. The molecule has 2 aliphatic carbocycles. The second-order valence-electron chi connectivity index (χ2n) is 10.5. The molecule has 5 heteroatoms. The Bertz CT molecular complexity index is 668. The Hall–Kier alpha value is -0.940. The summed E-state index contributed by atoms with van der Waals surface area (Å²) in [6.07, 6.45) is 3.98. The molecule has 2 saturated heterocycles. The fourth-order valence-corrected chi connectivity index (χ4v) is 6.94. The first-order valence-corrected chi connectivity index (χ1v) is 10.5. The highest BCUT2D eigenvalue weighted by Crippen LogP contribution is 2.65. The van der Waals surface area contributed by atoms with Gasteiger partial charge in [-0.1, -0.05) is 20.8 Å². The Morgan fingerprint density at radius 1 is 1.11 bits per heavy atom. The van der Waals surface area contributed by atoms with E-state index in [1.54, 1.807) is 0 Å². The van der Waals surface area contributed by atoms with Crippen molar-refractivity contribution in [3.05, 3.63) is 0 Å². The highest BCUT2D eigenvalue weighted by Gasteiger charge is 2.68. The van der Waals surface area contributed by atoms with Gasteiger partial charge in [0.05, 0.1) is 12.2 Å². The minimum Gasteiger partial charge on any atom is -0.459 e. The first-order chi connectivity index (χ1) is 12.4. The minimum atomic E-state index is -0.549. The minimum absolute atomic E-state index is 0.00848. The van der Waals surface area contributed by atoms with Crippen LogP contribution in [0.25, 0.3) is 0 Å². The van der Waals surface area contributed by atoms with Gasteiger partial charge in [-0.25, -0.2) is 0 Å². The average Bonchev–Trinajstić information content (AvgIpc) is 3.38. The SMILES string of the molecule is CC(=O)O[C@@H]1C[C@@H]2C(C)(C)C(=O)CC[C@@]2(C)[C@@H]2CC[C@](C)([C@@H]3CO3)O[C@@]12C. The van der Waals surface area contributed by atoms with Crippen molar-refractivity contribution in [3.63, 3.8) is 0 Å². The molecule has 0 amide bonds. The molecule has 7 atom stereocenters. The topological polar surface area (TPSA) is 65.1 Å². The number of carbonyl (C=O) groups is 2. The molecule has 4 rings (SSSR count). The zero-order valence-electron chi connectivity index (χ0n) is 17.6. The van der Waals surface area contributed by atoms with Gasteiger partial charge in [-0.2, -0.15) is 0 Å². The van der Waals surface area contributed by atoms with Crippen LogP contribution in [0.5, 0.6) is 0 Å². The molecular formula is C22H34O5. The molecule has 0 aromatic heterocycles. The first-order valence-electron chi connectivity index (χ1n) is 10.5. The van der Waals surface area contributed by atoms with E-state index in [-0.39, 0.29) is 41.0 Å². The molecule has 4 fully saturated rings. The number of esters is 1. The molecule has 0 aromatic rings. The fraction of sp³-hybridized carbons (Fsp3) is 0.909. The van der Waals surface area contributed by atoms with Crippen molar-refractivity contribution < 1.29 is 23.8 Å². The smallest absolute Gasteiger partial charge is 0.303 e. The Labute approximate surface area is 162 Å². The molecule has 4 aliphatic rings. The molecule has 0 unspecified atom stereocenters. The molecule has 27 heavy (non-hydrogen) atoms. The lowest BCUT2D eigenvalue weighted by Gasteiger charge is -2.66. The molecule has 0 N–H and O–H groups in total. The number of carbonyl (C=O) groups excluding carboxylic acids is 2. The predicted octanol–water partition coefficient (Wildman–Crippen LogP) is 3.68. The van der Waals surface area contributed by atoms with Crippen LogP contribution >= 0.6 is 0 Å². The van der Waals surface area contributed by atoms with Crippen molar-refractivity contribution >= 4 is 11.8 Å². The Balaban J connectivity index is 1.76. The molecule has 0 bridgehead atoms. The van der Waals surface area contributed by atoms with Gasteiger partial charge in [0.25, 0.3) is 0 Å². The summed E-state index contributed by atoms with van der Waals surface area (Å²) in [5.74, 6) is 0.510. The van der Waals surface area contributed by atoms with Crippen LogP contribution in [0.1, 0.15) is 73.6 Å². The number of ketones is 1. The van der Waals surface area contributed by atoms with Gasteiger partial charge >= 0.3 is 5.97 Å². The number of Topliss-reactive ketones (excluding diaryl/α,β-unsaturated/α-hetero) is 1. The van der Waals surface area contributed by atoms with Crippen LogP contribution in [0.4, 0.5) is 0 Å². The first kappa shape index (κ1) is 19.4. The fourth-order valence-electron chi connectivity index (χ4n) is 6.94. The maximum absolute atomic E-state index is 12.7. The van der Waals surface area contributed by atoms with Gasteiger partial charge in [0.1, 0.15) is 23.6 Å². The summed E-state index contributed by atoms with van der Waals surface area (Å²) >= 11 is 0. The van der Waals surface area contributed by atoms with Crippen LogP contribution < -0.4 is 0 Å². The molecule has 0 spiro atoms. The number of hydrogen-bond acceptors (Lipinski definition) is 5. The predicted molar refractivity (Wildman–Crippen MR) is 100 cm³/mol. The van der Waals surface area contributed by atoms with Crippen molar-refractivity contribution in [2.24, 2.45) is 22.7 Å². The van der Waals surface area contributed by atoms with Crippen molar-refractivity contribution in [3.8, 4) is 0 Å². The van der Waals surface area contributed by atoms with Crippen molar-refractivity contribution in [2.75, 3.05) is 6.61 Å². The van der Waals surface area contributed by atoms with E-state index in [0.717, 1.165) is 25.9 Å². The normalized spacial score (nSPS) is 51.1. The molecule has 5 nitrogen and oxygen atoms in total. The largest absolute Gasteiger partial charge is 0.459 e.